The highest BCUT2D eigenvalue weighted by Gasteiger charge is 2.34. The van der Waals surface area contributed by atoms with Crippen molar-refractivity contribution in [3.8, 4) is 5.75 Å². The molecule has 1 saturated heterocycles. The summed E-state index contributed by atoms with van der Waals surface area (Å²) >= 11 is 0. The van der Waals surface area contributed by atoms with Crippen LogP contribution in [-0.2, 0) is 10.0 Å². The van der Waals surface area contributed by atoms with Crippen molar-refractivity contribution in [2.75, 3.05) is 31.6 Å². The molecule has 0 amide bonds. The normalized spacial score (nSPS) is 16.8. The van der Waals surface area contributed by atoms with Gasteiger partial charge in [-0.3, -0.25) is 4.98 Å². The molecular formula is C23H23F2N3O3S. The molecular weight excluding hydrogens is 436 g/mol. The number of halogens is 2. The molecule has 1 aromatic heterocycles. The van der Waals surface area contributed by atoms with Gasteiger partial charge in [-0.25, -0.2) is 17.2 Å². The molecule has 0 aliphatic carbocycles. The van der Waals surface area contributed by atoms with E-state index >= 15 is 0 Å². The summed E-state index contributed by atoms with van der Waals surface area (Å²) < 4.78 is 60.3. The number of pyridine rings is 1. The lowest BCUT2D eigenvalue weighted by molar-refractivity contribution is 0.332. The number of hydrogen-bond acceptors (Lipinski definition) is 5. The minimum absolute atomic E-state index is 0.0258. The number of aromatic nitrogens is 1. The van der Waals surface area contributed by atoms with Crippen molar-refractivity contribution < 1.29 is 21.9 Å². The molecule has 1 aliphatic heterocycles. The molecule has 6 nitrogen and oxygen atoms in total. The summed E-state index contributed by atoms with van der Waals surface area (Å²) in [5.74, 6) is -0.482. The number of ether oxygens (including phenoxy) is 1. The lowest BCUT2D eigenvalue weighted by Crippen LogP contribution is -2.29. The first-order chi connectivity index (χ1) is 15.4. The van der Waals surface area contributed by atoms with Crippen LogP contribution in [-0.4, -0.2) is 43.9 Å². The fraction of sp³-hybridized carbons (Fsp3) is 0.261. The van der Waals surface area contributed by atoms with Crippen molar-refractivity contribution in [2.24, 2.45) is 0 Å². The Bertz CT molecular complexity index is 1160. The molecule has 0 bridgehead atoms. The molecule has 1 N–H and O–H groups in total. The molecule has 1 atom stereocenters. The fourth-order valence-corrected chi connectivity index (χ4v) is 5.15. The first-order valence-corrected chi connectivity index (χ1v) is 11.7. The smallest absolute Gasteiger partial charge is 0.243 e. The highest BCUT2D eigenvalue weighted by molar-refractivity contribution is 7.89. The van der Waals surface area contributed by atoms with Gasteiger partial charge in [-0.15, -0.1) is 0 Å². The summed E-state index contributed by atoms with van der Waals surface area (Å²) in [4.78, 5) is 4.24. The molecule has 0 radical (unpaired) electrons. The largest absolute Gasteiger partial charge is 0.492 e. The molecule has 1 aliphatic rings. The molecule has 2 heterocycles. The molecule has 2 aromatic carbocycles. The highest BCUT2D eigenvalue weighted by Crippen LogP contribution is 2.31. The van der Waals surface area contributed by atoms with Crippen molar-refractivity contribution in [1.29, 1.82) is 0 Å². The van der Waals surface area contributed by atoms with E-state index in [-0.39, 0.29) is 35.5 Å². The second-order valence-corrected chi connectivity index (χ2v) is 9.41. The topological polar surface area (TPSA) is 71.5 Å². The number of hydrogen-bond donors (Lipinski definition) is 1. The number of benzene rings is 2. The third kappa shape index (κ3) is 5.05. The second kappa shape index (κ2) is 9.62. The first-order valence-electron chi connectivity index (χ1n) is 10.3. The third-order valence-corrected chi connectivity index (χ3v) is 7.20. The summed E-state index contributed by atoms with van der Waals surface area (Å²) in [6.07, 6.45) is 2.37. The van der Waals surface area contributed by atoms with Crippen LogP contribution >= 0.6 is 0 Å². The lowest BCUT2D eigenvalue weighted by Gasteiger charge is -2.17. The summed E-state index contributed by atoms with van der Waals surface area (Å²) in [6, 6.07) is 15.0. The van der Waals surface area contributed by atoms with Crippen molar-refractivity contribution in [3.05, 3.63) is 84.2 Å². The van der Waals surface area contributed by atoms with Gasteiger partial charge in [-0.05, 0) is 61.0 Å². The Hall–Kier alpha value is -3.04. The Morgan fingerprint density at radius 2 is 1.91 bits per heavy atom. The first kappa shape index (κ1) is 22.2. The molecule has 32 heavy (non-hydrogen) atoms. The second-order valence-electron chi connectivity index (χ2n) is 7.47. The molecule has 0 saturated carbocycles. The zero-order chi connectivity index (χ0) is 22.6. The highest BCUT2D eigenvalue weighted by atomic mass is 32.2. The quantitative estimate of drug-likeness (QED) is 0.515. The summed E-state index contributed by atoms with van der Waals surface area (Å²) in [6.45, 7) is 1.21. The number of sulfonamides is 1. The lowest BCUT2D eigenvalue weighted by atomic mass is 10.0. The minimum atomic E-state index is -3.80. The van der Waals surface area contributed by atoms with Gasteiger partial charge in [0, 0.05) is 37.4 Å². The molecule has 168 valence electrons. The van der Waals surface area contributed by atoms with Crippen LogP contribution in [0.15, 0.2) is 71.8 Å². The molecule has 1 unspecified atom stereocenters. The fourth-order valence-electron chi connectivity index (χ4n) is 3.64. The monoisotopic (exact) mass is 459 g/mol. The van der Waals surface area contributed by atoms with E-state index in [4.69, 9.17) is 4.74 Å². The van der Waals surface area contributed by atoms with Crippen LogP contribution in [0.1, 0.15) is 18.0 Å². The van der Waals surface area contributed by atoms with E-state index < -0.39 is 15.8 Å². The summed E-state index contributed by atoms with van der Waals surface area (Å²) in [5.41, 5.74) is 1.04. The van der Waals surface area contributed by atoms with Gasteiger partial charge in [-0.2, -0.15) is 4.31 Å². The number of nitrogens with one attached hydrogen (secondary N) is 1. The minimum Gasteiger partial charge on any atom is -0.492 e. The average Bonchev–Trinajstić information content (AvgIpc) is 3.31. The molecule has 9 heteroatoms. The predicted octanol–water partition coefficient (Wildman–Crippen LogP) is 4.03. The van der Waals surface area contributed by atoms with Gasteiger partial charge < -0.3 is 10.1 Å². The van der Waals surface area contributed by atoms with E-state index in [0.29, 0.717) is 25.3 Å². The van der Waals surface area contributed by atoms with Gasteiger partial charge in [0.2, 0.25) is 10.0 Å². The van der Waals surface area contributed by atoms with Gasteiger partial charge in [-0.1, -0.05) is 6.07 Å². The van der Waals surface area contributed by atoms with E-state index in [2.05, 4.69) is 10.3 Å². The maximum absolute atomic E-state index is 14.6. The maximum Gasteiger partial charge on any atom is 0.243 e. The summed E-state index contributed by atoms with van der Waals surface area (Å²) in [7, 11) is -3.80. The standard InChI is InChI=1S/C23H23F2N3O3S/c24-18-4-6-19(7-5-18)31-14-12-27-23-9-8-20(15-21(23)25)32(29,30)28-13-10-17(16-28)22-3-1-2-11-26-22/h1-9,11,15,17,27H,10,12-14,16H2. The van der Waals surface area contributed by atoms with Crippen LogP contribution in [0.25, 0.3) is 0 Å². The Morgan fingerprint density at radius 1 is 1.09 bits per heavy atom. The Kier molecular flexibility index (Phi) is 6.66. The van der Waals surface area contributed by atoms with Crippen molar-refractivity contribution in [1.82, 2.24) is 9.29 Å². The van der Waals surface area contributed by atoms with E-state index in [1.807, 2.05) is 18.2 Å². The SMILES string of the molecule is O=S(=O)(c1ccc(NCCOc2ccc(F)cc2)c(F)c1)N1CCC(c2ccccn2)C1. The van der Waals surface area contributed by atoms with E-state index in [0.717, 1.165) is 11.8 Å². The summed E-state index contributed by atoms with van der Waals surface area (Å²) in [5, 5.41) is 2.88. The Balaban J connectivity index is 1.35. The van der Waals surface area contributed by atoms with Crippen molar-refractivity contribution >= 4 is 15.7 Å². The van der Waals surface area contributed by atoms with Crippen LogP contribution < -0.4 is 10.1 Å². The zero-order valence-corrected chi connectivity index (χ0v) is 18.1. The van der Waals surface area contributed by atoms with Crippen molar-refractivity contribution in [3.63, 3.8) is 0 Å². The van der Waals surface area contributed by atoms with Gasteiger partial charge in [0.15, 0.2) is 0 Å². The van der Waals surface area contributed by atoms with Gasteiger partial charge in [0.05, 0.1) is 10.6 Å². The van der Waals surface area contributed by atoms with E-state index in [9.17, 15) is 17.2 Å². The number of nitrogens with zero attached hydrogens (tertiary/aromatic N) is 2. The molecule has 3 aromatic rings. The van der Waals surface area contributed by atoms with Gasteiger partial charge in [0.25, 0.3) is 0 Å². The van der Waals surface area contributed by atoms with Crippen molar-refractivity contribution in [2.45, 2.75) is 17.2 Å². The van der Waals surface area contributed by atoms with Crippen LogP contribution in [0.5, 0.6) is 5.75 Å². The van der Waals surface area contributed by atoms with Crippen LogP contribution in [0.2, 0.25) is 0 Å². The van der Waals surface area contributed by atoms with E-state index in [1.165, 1.54) is 40.7 Å². The van der Waals surface area contributed by atoms with E-state index in [1.54, 1.807) is 6.20 Å². The predicted molar refractivity (Wildman–Crippen MR) is 117 cm³/mol. The Morgan fingerprint density at radius 3 is 2.62 bits per heavy atom. The molecule has 4 rings (SSSR count). The molecule has 1 fully saturated rings. The number of rotatable bonds is 8. The molecule has 0 spiro atoms. The van der Waals surface area contributed by atoms with Crippen LogP contribution in [0.3, 0.4) is 0 Å². The van der Waals surface area contributed by atoms with Gasteiger partial charge >= 0.3 is 0 Å². The van der Waals surface area contributed by atoms with Crippen LogP contribution in [0, 0.1) is 11.6 Å². The maximum atomic E-state index is 14.6. The average molecular weight is 460 g/mol. The zero-order valence-electron chi connectivity index (χ0n) is 17.2. The number of anilines is 1. The third-order valence-electron chi connectivity index (χ3n) is 5.34. The Labute approximate surface area is 185 Å². The van der Waals surface area contributed by atoms with Gasteiger partial charge in [0.1, 0.15) is 24.0 Å². The van der Waals surface area contributed by atoms with Crippen LogP contribution in [0.4, 0.5) is 14.5 Å².